The highest BCUT2D eigenvalue weighted by atomic mass is 16.5. The third kappa shape index (κ3) is 50.0. The van der Waals surface area contributed by atoms with E-state index in [2.05, 4.69) is 82.3 Å². The van der Waals surface area contributed by atoms with Gasteiger partial charge in [-0.05, 0) is 50.5 Å². The molecular weight excluding hydrogens is 572 g/mol. The third-order valence-electron chi connectivity index (χ3n) is 5.25. The van der Waals surface area contributed by atoms with Crippen molar-refractivity contribution in [2.45, 2.75) is 119 Å². The molecule has 0 spiro atoms. The van der Waals surface area contributed by atoms with Crippen molar-refractivity contribution < 1.29 is 33.8 Å². The molecule has 1 unspecified atom stereocenters. The third-order valence-corrected chi connectivity index (χ3v) is 5.25. The molecular formula is C36H62N2O7. The van der Waals surface area contributed by atoms with Crippen LogP contribution in [0.15, 0.2) is 63.0 Å². The maximum Gasteiger partial charge on any atom is 0.330 e. The molecule has 0 aromatic carbocycles. The highest BCUT2D eigenvalue weighted by Crippen LogP contribution is 2.26. The van der Waals surface area contributed by atoms with Crippen molar-refractivity contribution in [2.24, 2.45) is 11.3 Å². The molecule has 0 aromatic rings. The number of unbranched alkanes of at least 4 members (excludes halogenated alkanes) is 2. The number of hydrogen-bond acceptors (Lipinski definition) is 7. The zero-order valence-electron chi connectivity index (χ0n) is 29.6. The van der Waals surface area contributed by atoms with Crippen molar-refractivity contribution in [3.05, 3.63) is 63.0 Å². The SMILES string of the molecule is C=C(CC(CC)CCCC)C(=O)O.C=CC#N.C=CC(=O)NC(C)(C)CC(C)(C)C.C=CC(=O)OCCCC.C=COC(C)=O. The lowest BCUT2D eigenvalue weighted by Crippen LogP contribution is -2.45. The second-order valence-corrected chi connectivity index (χ2v) is 11.7. The maximum atomic E-state index is 11.1. The molecule has 9 heteroatoms. The lowest BCUT2D eigenvalue weighted by molar-refractivity contribution is -0.138. The van der Waals surface area contributed by atoms with Gasteiger partial charge >= 0.3 is 17.9 Å². The summed E-state index contributed by atoms with van der Waals surface area (Å²) >= 11 is 0. The number of aliphatic carboxylic acids is 1. The van der Waals surface area contributed by atoms with Gasteiger partial charge in [0.05, 0.1) is 18.9 Å². The fourth-order valence-electron chi connectivity index (χ4n) is 3.63. The van der Waals surface area contributed by atoms with Crippen LogP contribution in [0.3, 0.4) is 0 Å². The van der Waals surface area contributed by atoms with E-state index in [0.29, 0.717) is 24.5 Å². The molecule has 0 saturated carbocycles. The Morgan fingerprint density at radius 2 is 1.47 bits per heavy atom. The lowest BCUT2D eigenvalue weighted by atomic mass is 9.82. The molecule has 0 aliphatic carbocycles. The van der Waals surface area contributed by atoms with E-state index >= 15 is 0 Å². The molecule has 0 aliphatic heterocycles. The molecule has 0 heterocycles. The van der Waals surface area contributed by atoms with E-state index in [1.54, 1.807) is 6.07 Å². The number of allylic oxidation sites excluding steroid dienone is 1. The molecule has 0 fully saturated rings. The van der Waals surface area contributed by atoms with E-state index in [9.17, 15) is 19.2 Å². The smallest absolute Gasteiger partial charge is 0.330 e. The Morgan fingerprint density at radius 1 is 0.956 bits per heavy atom. The summed E-state index contributed by atoms with van der Waals surface area (Å²) in [4.78, 5) is 41.7. The number of carboxylic acid groups (broad SMARTS) is 1. The Balaban J connectivity index is -0.000000156. The lowest BCUT2D eigenvalue weighted by Gasteiger charge is -2.32. The van der Waals surface area contributed by atoms with Crippen LogP contribution >= 0.6 is 0 Å². The first-order valence-corrected chi connectivity index (χ1v) is 15.2. The van der Waals surface area contributed by atoms with E-state index in [4.69, 9.17) is 10.4 Å². The summed E-state index contributed by atoms with van der Waals surface area (Å²) in [6, 6.07) is 1.69. The van der Waals surface area contributed by atoms with Gasteiger partial charge in [-0.3, -0.25) is 9.59 Å². The average Bonchev–Trinajstić information content (AvgIpc) is 2.94. The first kappa shape index (κ1) is 50.7. The minimum absolute atomic E-state index is 0.103. The molecule has 0 bridgehead atoms. The minimum atomic E-state index is -0.852. The first-order valence-electron chi connectivity index (χ1n) is 15.2. The molecule has 45 heavy (non-hydrogen) atoms. The predicted octanol–water partition coefficient (Wildman–Crippen LogP) is 8.64. The molecule has 1 atom stereocenters. The number of nitrogens with one attached hydrogen (secondary N) is 1. The molecule has 1 amide bonds. The summed E-state index contributed by atoms with van der Waals surface area (Å²) in [5.74, 6) is -1.11. The van der Waals surface area contributed by atoms with Gasteiger partial charge in [0.25, 0.3) is 0 Å². The number of rotatable bonds is 15. The summed E-state index contributed by atoms with van der Waals surface area (Å²) in [6.07, 6.45) is 12.9. The summed E-state index contributed by atoms with van der Waals surface area (Å²) in [7, 11) is 0. The van der Waals surface area contributed by atoms with Crippen LogP contribution in [-0.2, 0) is 28.7 Å². The maximum absolute atomic E-state index is 11.1. The summed E-state index contributed by atoms with van der Waals surface area (Å²) < 4.78 is 8.84. The van der Waals surface area contributed by atoms with Gasteiger partial charge in [-0.1, -0.05) is 107 Å². The molecule has 0 aromatic heterocycles. The zero-order chi connectivity index (χ0) is 36.5. The summed E-state index contributed by atoms with van der Waals surface area (Å²) in [5.41, 5.74) is 0.407. The Labute approximate surface area is 274 Å². The van der Waals surface area contributed by atoms with E-state index in [1.807, 2.05) is 20.8 Å². The second-order valence-electron chi connectivity index (χ2n) is 11.7. The van der Waals surface area contributed by atoms with Crippen LogP contribution in [0.1, 0.15) is 114 Å². The monoisotopic (exact) mass is 634 g/mol. The van der Waals surface area contributed by atoms with Crippen LogP contribution in [0.4, 0.5) is 0 Å². The van der Waals surface area contributed by atoms with Crippen molar-refractivity contribution in [3.63, 3.8) is 0 Å². The molecule has 0 aliphatic rings. The first-order chi connectivity index (χ1) is 20.8. The Morgan fingerprint density at radius 3 is 1.76 bits per heavy atom. The Bertz CT molecular complexity index is 923. The van der Waals surface area contributed by atoms with Crippen LogP contribution in [0.2, 0.25) is 0 Å². The van der Waals surface area contributed by atoms with Crippen LogP contribution in [0.5, 0.6) is 0 Å². The van der Waals surface area contributed by atoms with Gasteiger partial charge in [0.2, 0.25) is 5.91 Å². The Kier molecular flexibility index (Phi) is 37.1. The number of esters is 2. The highest BCUT2D eigenvalue weighted by molar-refractivity contribution is 5.87. The molecule has 2 N–H and O–H groups in total. The van der Waals surface area contributed by atoms with Gasteiger partial charge in [0.1, 0.15) is 0 Å². The number of nitriles is 1. The van der Waals surface area contributed by atoms with E-state index < -0.39 is 5.97 Å². The highest BCUT2D eigenvalue weighted by Gasteiger charge is 2.26. The van der Waals surface area contributed by atoms with E-state index in [1.165, 1.54) is 38.0 Å². The number of ether oxygens (including phenoxy) is 2. The Hall–Kier alpha value is -3.93. The van der Waals surface area contributed by atoms with Crippen molar-refractivity contribution in [1.29, 1.82) is 5.26 Å². The van der Waals surface area contributed by atoms with Crippen molar-refractivity contribution in [2.75, 3.05) is 6.61 Å². The van der Waals surface area contributed by atoms with Crippen molar-refractivity contribution >= 4 is 23.8 Å². The molecule has 0 rings (SSSR count). The number of carbonyl (C=O) groups excluding carboxylic acids is 3. The minimum Gasteiger partial charge on any atom is -0.478 e. The van der Waals surface area contributed by atoms with Crippen LogP contribution < -0.4 is 5.32 Å². The van der Waals surface area contributed by atoms with Gasteiger partial charge < -0.3 is 19.9 Å². The normalized spacial score (nSPS) is 10.1. The predicted molar refractivity (Wildman–Crippen MR) is 185 cm³/mol. The van der Waals surface area contributed by atoms with Crippen LogP contribution in [-0.4, -0.2) is 41.1 Å². The topological polar surface area (TPSA) is 143 Å². The fourth-order valence-corrected chi connectivity index (χ4v) is 3.63. The molecule has 0 saturated heterocycles. The number of carbonyl (C=O) groups is 4. The molecule has 0 radical (unpaired) electrons. The number of carboxylic acids is 1. The van der Waals surface area contributed by atoms with Crippen LogP contribution in [0, 0.1) is 22.7 Å². The quantitative estimate of drug-likeness (QED) is 0.0599. The number of hydrogen-bond donors (Lipinski definition) is 2. The van der Waals surface area contributed by atoms with Gasteiger partial charge in [-0.2, -0.15) is 5.26 Å². The molecule has 258 valence electrons. The van der Waals surface area contributed by atoms with Gasteiger partial charge in [-0.15, -0.1) is 0 Å². The number of amides is 1. The average molecular weight is 635 g/mol. The van der Waals surface area contributed by atoms with E-state index in [-0.39, 0.29) is 28.8 Å². The van der Waals surface area contributed by atoms with Crippen LogP contribution in [0.25, 0.3) is 0 Å². The summed E-state index contributed by atoms with van der Waals surface area (Å²) in [6.45, 7) is 35.2. The van der Waals surface area contributed by atoms with Gasteiger partial charge in [-0.25, -0.2) is 9.59 Å². The zero-order valence-corrected chi connectivity index (χ0v) is 29.6. The van der Waals surface area contributed by atoms with E-state index in [0.717, 1.165) is 38.4 Å². The summed E-state index contributed by atoms with van der Waals surface area (Å²) in [5, 5.41) is 19.1. The number of nitrogens with zero attached hydrogens (tertiary/aromatic N) is 1. The van der Waals surface area contributed by atoms with Crippen molar-refractivity contribution in [3.8, 4) is 6.07 Å². The van der Waals surface area contributed by atoms with Gasteiger partial charge in [0, 0.05) is 30.2 Å². The van der Waals surface area contributed by atoms with Gasteiger partial charge in [0.15, 0.2) is 0 Å². The molecule has 9 nitrogen and oxygen atoms in total. The fraction of sp³-hybridized carbons (Fsp3) is 0.583. The largest absolute Gasteiger partial charge is 0.478 e. The second kappa shape index (κ2) is 33.0. The standard InChI is InChI=1S/C11H21NO.C11H20O2.C7H12O2.C4H6O2.C3H3N/c1-7-9(13)12-11(5,6)8-10(2,3)4;1-4-6-7-10(5-2)8-9(3)11(12)13;1-3-5-6-9-7(8)4-2;1-3-6-4(2)5;1-2-3-4/h7H,1,8H2,2-6H3,(H,12,13);10H,3-8H2,1-2H3,(H,12,13);4H,2-3,5-6H2,1H3;3H,1H2,2H3;2H,1H2. The van der Waals surface area contributed by atoms with Crippen molar-refractivity contribution in [1.82, 2.24) is 5.32 Å².